The zero-order valence-corrected chi connectivity index (χ0v) is 14.2. The Balaban J connectivity index is 1.34. The van der Waals surface area contributed by atoms with Crippen LogP contribution in [0, 0.1) is 5.92 Å². The van der Waals surface area contributed by atoms with Gasteiger partial charge in [0.25, 0.3) is 0 Å². The van der Waals surface area contributed by atoms with Crippen molar-refractivity contribution in [3.05, 3.63) is 29.8 Å². The average Bonchev–Trinajstić information content (AvgIpc) is 2.54. The minimum Gasteiger partial charge on any atom is -0.497 e. The molecule has 4 heteroatoms. The quantitative estimate of drug-likeness (QED) is 0.809. The highest BCUT2D eigenvalue weighted by Crippen LogP contribution is 2.28. The summed E-state index contributed by atoms with van der Waals surface area (Å²) in [6, 6.07) is 8.35. The van der Waals surface area contributed by atoms with Gasteiger partial charge in [0.1, 0.15) is 5.75 Å². The van der Waals surface area contributed by atoms with Crippen molar-refractivity contribution in [2.45, 2.75) is 32.1 Å². The minimum absolute atomic E-state index is 0.344. The van der Waals surface area contributed by atoms with E-state index in [9.17, 15) is 4.79 Å². The molecule has 2 fully saturated rings. The van der Waals surface area contributed by atoms with Crippen molar-refractivity contribution in [1.82, 2.24) is 9.80 Å². The van der Waals surface area contributed by atoms with Gasteiger partial charge >= 0.3 is 0 Å². The van der Waals surface area contributed by atoms with Gasteiger partial charge in [0, 0.05) is 32.1 Å². The van der Waals surface area contributed by atoms with Crippen LogP contribution in [0.3, 0.4) is 0 Å². The van der Waals surface area contributed by atoms with Crippen molar-refractivity contribution in [1.29, 1.82) is 0 Å². The molecule has 0 spiro atoms. The predicted octanol–water partition coefficient (Wildman–Crippen LogP) is 2.57. The molecule has 126 valence electrons. The molecule has 1 heterocycles. The number of carbonyl (C=O) groups excluding carboxylic acids is 1. The number of piperazine rings is 1. The van der Waals surface area contributed by atoms with Crippen molar-refractivity contribution in [2.75, 3.05) is 39.8 Å². The van der Waals surface area contributed by atoms with Crippen LogP contribution in [-0.2, 0) is 11.2 Å². The molecule has 0 radical (unpaired) electrons. The Kier molecular flexibility index (Phi) is 5.55. The van der Waals surface area contributed by atoms with Gasteiger partial charge < -0.3 is 9.64 Å². The third-order valence-electron chi connectivity index (χ3n) is 5.24. The fraction of sp³-hybridized carbons (Fsp3) is 0.632. The van der Waals surface area contributed by atoms with Gasteiger partial charge in [0.2, 0.25) is 5.91 Å². The normalized spacial score (nSPS) is 19.4. The van der Waals surface area contributed by atoms with Crippen LogP contribution in [0.15, 0.2) is 24.3 Å². The number of aryl methyl sites for hydroxylation is 1. The standard InChI is InChI=1S/C19H28N2O2/c1-23-18-9-7-16(8-10-18)4-3-11-20-12-14-21(15-13-20)19(22)17-5-2-6-17/h7-10,17H,2-6,11-15H2,1H3. The Morgan fingerprint density at radius 1 is 1.13 bits per heavy atom. The Hall–Kier alpha value is -1.55. The summed E-state index contributed by atoms with van der Waals surface area (Å²) in [5, 5.41) is 0. The predicted molar refractivity (Wildman–Crippen MR) is 91.7 cm³/mol. The van der Waals surface area contributed by atoms with Gasteiger partial charge in [-0.05, 0) is 49.9 Å². The van der Waals surface area contributed by atoms with Gasteiger partial charge in [0.15, 0.2) is 0 Å². The number of amides is 1. The van der Waals surface area contributed by atoms with Crippen molar-refractivity contribution in [2.24, 2.45) is 5.92 Å². The molecule has 1 saturated carbocycles. The lowest BCUT2D eigenvalue weighted by Crippen LogP contribution is -2.51. The number of nitrogens with zero attached hydrogens (tertiary/aromatic N) is 2. The third-order valence-corrected chi connectivity index (χ3v) is 5.24. The van der Waals surface area contributed by atoms with Gasteiger partial charge in [0.05, 0.1) is 7.11 Å². The van der Waals surface area contributed by atoms with E-state index in [1.807, 2.05) is 12.1 Å². The summed E-state index contributed by atoms with van der Waals surface area (Å²) in [6.07, 6.45) is 5.73. The van der Waals surface area contributed by atoms with Gasteiger partial charge in [-0.3, -0.25) is 9.69 Å². The highest BCUT2D eigenvalue weighted by molar-refractivity contribution is 5.79. The minimum atomic E-state index is 0.344. The lowest BCUT2D eigenvalue weighted by atomic mass is 9.84. The summed E-state index contributed by atoms with van der Waals surface area (Å²) in [4.78, 5) is 16.8. The molecular weight excluding hydrogens is 288 g/mol. The summed E-state index contributed by atoms with van der Waals surface area (Å²) < 4.78 is 5.19. The summed E-state index contributed by atoms with van der Waals surface area (Å²) in [5.74, 6) is 1.67. The molecular formula is C19H28N2O2. The van der Waals surface area contributed by atoms with Crippen LogP contribution in [-0.4, -0.2) is 55.5 Å². The van der Waals surface area contributed by atoms with Gasteiger partial charge in [-0.15, -0.1) is 0 Å². The van der Waals surface area contributed by atoms with Gasteiger partial charge in [-0.25, -0.2) is 0 Å². The molecule has 23 heavy (non-hydrogen) atoms. The van der Waals surface area contributed by atoms with E-state index in [0.717, 1.165) is 57.7 Å². The number of hydrogen-bond donors (Lipinski definition) is 0. The van der Waals surface area contributed by atoms with Crippen LogP contribution in [0.25, 0.3) is 0 Å². The number of methoxy groups -OCH3 is 1. The molecule has 0 N–H and O–H groups in total. The van der Waals surface area contributed by atoms with Crippen molar-refractivity contribution in [3.8, 4) is 5.75 Å². The lowest BCUT2D eigenvalue weighted by Gasteiger charge is -2.38. The SMILES string of the molecule is COc1ccc(CCCN2CCN(C(=O)C3CCC3)CC2)cc1. The highest BCUT2D eigenvalue weighted by Gasteiger charge is 2.30. The molecule has 1 aliphatic heterocycles. The molecule has 1 amide bonds. The summed E-state index contributed by atoms with van der Waals surface area (Å²) in [5.41, 5.74) is 1.37. The van der Waals surface area contributed by atoms with E-state index in [-0.39, 0.29) is 0 Å². The van der Waals surface area contributed by atoms with Crippen LogP contribution in [0.5, 0.6) is 5.75 Å². The Morgan fingerprint density at radius 3 is 2.39 bits per heavy atom. The molecule has 1 aliphatic carbocycles. The molecule has 0 aromatic heterocycles. The van der Waals surface area contributed by atoms with Crippen molar-refractivity contribution < 1.29 is 9.53 Å². The van der Waals surface area contributed by atoms with E-state index < -0.39 is 0 Å². The molecule has 0 unspecified atom stereocenters. The summed E-state index contributed by atoms with van der Waals surface area (Å²) in [6.45, 7) is 5.01. The molecule has 2 aliphatic rings. The molecule has 3 rings (SSSR count). The van der Waals surface area contributed by atoms with E-state index in [0.29, 0.717) is 11.8 Å². The van der Waals surface area contributed by atoms with Gasteiger partial charge in [-0.2, -0.15) is 0 Å². The van der Waals surface area contributed by atoms with Crippen LogP contribution in [0.1, 0.15) is 31.2 Å². The topological polar surface area (TPSA) is 32.8 Å². The first-order valence-electron chi connectivity index (χ1n) is 8.90. The maximum absolute atomic E-state index is 12.2. The molecule has 0 bridgehead atoms. The van der Waals surface area contributed by atoms with E-state index in [4.69, 9.17) is 4.74 Å². The second-order valence-electron chi connectivity index (χ2n) is 6.75. The van der Waals surface area contributed by atoms with E-state index >= 15 is 0 Å². The number of rotatable bonds is 6. The highest BCUT2D eigenvalue weighted by atomic mass is 16.5. The summed E-state index contributed by atoms with van der Waals surface area (Å²) >= 11 is 0. The first kappa shape index (κ1) is 16.3. The molecule has 0 atom stereocenters. The van der Waals surface area contributed by atoms with Crippen molar-refractivity contribution >= 4 is 5.91 Å². The van der Waals surface area contributed by atoms with Crippen LogP contribution >= 0.6 is 0 Å². The fourth-order valence-corrected chi connectivity index (χ4v) is 3.40. The smallest absolute Gasteiger partial charge is 0.225 e. The average molecular weight is 316 g/mol. The molecule has 1 saturated heterocycles. The maximum Gasteiger partial charge on any atom is 0.225 e. The number of benzene rings is 1. The monoisotopic (exact) mass is 316 g/mol. The first-order chi connectivity index (χ1) is 11.3. The van der Waals surface area contributed by atoms with E-state index in [1.54, 1.807) is 7.11 Å². The first-order valence-corrected chi connectivity index (χ1v) is 8.90. The Bertz CT molecular complexity index is 503. The third kappa shape index (κ3) is 4.25. The number of hydrogen-bond acceptors (Lipinski definition) is 3. The molecule has 1 aromatic carbocycles. The van der Waals surface area contributed by atoms with Crippen molar-refractivity contribution in [3.63, 3.8) is 0 Å². The van der Waals surface area contributed by atoms with Crippen LogP contribution in [0.2, 0.25) is 0 Å². The summed E-state index contributed by atoms with van der Waals surface area (Å²) in [7, 11) is 1.70. The second-order valence-corrected chi connectivity index (χ2v) is 6.75. The molecule has 1 aromatic rings. The van der Waals surface area contributed by atoms with Gasteiger partial charge in [-0.1, -0.05) is 18.6 Å². The number of ether oxygens (including phenoxy) is 1. The Labute approximate surface area is 139 Å². The Morgan fingerprint density at radius 2 is 1.83 bits per heavy atom. The molecule has 4 nitrogen and oxygen atoms in total. The van der Waals surface area contributed by atoms with Crippen LogP contribution < -0.4 is 4.74 Å². The zero-order valence-electron chi connectivity index (χ0n) is 14.2. The van der Waals surface area contributed by atoms with E-state index in [2.05, 4.69) is 21.9 Å². The number of carbonyl (C=O) groups is 1. The van der Waals surface area contributed by atoms with Crippen LogP contribution in [0.4, 0.5) is 0 Å². The second kappa shape index (κ2) is 7.82. The lowest BCUT2D eigenvalue weighted by molar-refractivity contribution is -0.139. The maximum atomic E-state index is 12.2. The zero-order chi connectivity index (χ0) is 16.1. The van der Waals surface area contributed by atoms with E-state index in [1.165, 1.54) is 18.4 Å². The largest absolute Gasteiger partial charge is 0.497 e. The fourth-order valence-electron chi connectivity index (χ4n) is 3.40.